The topological polar surface area (TPSA) is 90.4 Å². The Kier molecular flexibility index (Phi) is 6.66. The highest BCUT2D eigenvalue weighted by Crippen LogP contribution is 2.23. The standard InChI is InChI=1S/C21H23N3O4S/c1-16(2)17-8-10-19(11-9-17)29(25,26)24-20-21(23-13-12-22-20)28-15-14-27-18-6-4-3-5-7-18/h3-13,16H,14-15H2,1-2H3,(H,22,24). The van der Waals surface area contributed by atoms with Crippen LogP contribution >= 0.6 is 0 Å². The molecule has 0 radical (unpaired) electrons. The highest BCUT2D eigenvalue weighted by atomic mass is 32.2. The monoisotopic (exact) mass is 413 g/mol. The number of sulfonamides is 1. The Morgan fingerprint density at radius 1 is 0.897 bits per heavy atom. The van der Waals surface area contributed by atoms with Crippen LogP contribution in [0, 0.1) is 0 Å². The van der Waals surface area contributed by atoms with Gasteiger partial charge in [0.25, 0.3) is 15.9 Å². The van der Waals surface area contributed by atoms with E-state index in [4.69, 9.17) is 9.47 Å². The number of hydrogen-bond acceptors (Lipinski definition) is 6. The van der Waals surface area contributed by atoms with E-state index >= 15 is 0 Å². The molecule has 8 heteroatoms. The molecule has 0 saturated heterocycles. The summed E-state index contributed by atoms with van der Waals surface area (Å²) in [5, 5.41) is 0. The van der Waals surface area contributed by atoms with E-state index in [0.29, 0.717) is 5.92 Å². The molecule has 1 N–H and O–H groups in total. The third kappa shape index (κ3) is 5.68. The fraction of sp³-hybridized carbons (Fsp3) is 0.238. The second-order valence-corrected chi connectivity index (χ2v) is 8.23. The van der Waals surface area contributed by atoms with Crippen LogP contribution in [0.15, 0.2) is 71.9 Å². The van der Waals surface area contributed by atoms with Crippen LogP contribution in [0.3, 0.4) is 0 Å². The van der Waals surface area contributed by atoms with E-state index in [1.54, 1.807) is 24.3 Å². The number of para-hydroxylation sites is 1. The highest BCUT2D eigenvalue weighted by Gasteiger charge is 2.18. The van der Waals surface area contributed by atoms with E-state index < -0.39 is 10.0 Å². The minimum absolute atomic E-state index is 0.0279. The Morgan fingerprint density at radius 2 is 1.55 bits per heavy atom. The van der Waals surface area contributed by atoms with Crippen molar-refractivity contribution in [2.75, 3.05) is 17.9 Å². The van der Waals surface area contributed by atoms with Gasteiger partial charge in [-0.1, -0.05) is 44.2 Å². The van der Waals surface area contributed by atoms with Gasteiger partial charge in [-0.3, -0.25) is 4.72 Å². The molecule has 0 aliphatic heterocycles. The van der Waals surface area contributed by atoms with E-state index in [2.05, 4.69) is 14.7 Å². The summed E-state index contributed by atoms with van der Waals surface area (Å²) in [5.74, 6) is 1.16. The van der Waals surface area contributed by atoms with Crippen LogP contribution in [0.2, 0.25) is 0 Å². The van der Waals surface area contributed by atoms with Crippen molar-refractivity contribution in [3.05, 3.63) is 72.6 Å². The lowest BCUT2D eigenvalue weighted by molar-refractivity contribution is 0.212. The first-order valence-corrected chi connectivity index (χ1v) is 10.7. The Morgan fingerprint density at radius 3 is 2.24 bits per heavy atom. The SMILES string of the molecule is CC(C)c1ccc(S(=O)(=O)Nc2nccnc2OCCOc2ccccc2)cc1. The van der Waals surface area contributed by atoms with Gasteiger partial charge in [0.2, 0.25) is 5.82 Å². The van der Waals surface area contributed by atoms with Crippen molar-refractivity contribution < 1.29 is 17.9 Å². The molecule has 0 atom stereocenters. The molecule has 0 spiro atoms. The van der Waals surface area contributed by atoms with E-state index in [-0.39, 0.29) is 29.8 Å². The van der Waals surface area contributed by atoms with Gasteiger partial charge >= 0.3 is 0 Å². The minimum atomic E-state index is -3.82. The van der Waals surface area contributed by atoms with Crippen LogP contribution in [0.1, 0.15) is 25.3 Å². The predicted molar refractivity (Wildman–Crippen MR) is 111 cm³/mol. The minimum Gasteiger partial charge on any atom is -0.490 e. The number of hydrogen-bond donors (Lipinski definition) is 1. The summed E-state index contributed by atoms with van der Waals surface area (Å²) < 4.78 is 38.9. The summed E-state index contributed by atoms with van der Waals surface area (Å²) in [6, 6.07) is 16.1. The maximum absolute atomic E-state index is 12.7. The third-order valence-corrected chi connectivity index (χ3v) is 5.44. The van der Waals surface area contributed by atoms with E-state index in [0.717, 1.165) is 11.3 Å². The highest BCUT2D eigenvalue weighted by molar-refractivity contribution is 7.92. The molecule has 1 aromatic heterocycles. The largest absolute Gasteiger partial charge is 0.490 e. The van der Waals surface area contributed by atoms with Gasteiger partial charge in [0.1, 0.15) is 19.0 Å². The molecular weight excluding hydrogens is 390 g/mol. The summed E-state index contributed by atoms with van der Waals surface area (Å²) >= 11 is 0. The van der Waals surface area contributed by atoms with Crippen molar-refractivity contribution in [3.8, 4) is 11.6 Å². The van der Waals surface area contributed by atoms with Crippen LogP contribution < -0.4 is 14.2 Å². The molecule has 0 bridgehead atoms. The summed E-state index contributed by atoms with van der Waals surface area (Å²) in [5.41, 5.74) is 1.06. The van der Waals surface area contributed by atoms with Crippen molar-refractivity contribution >= 4 is 15.8 Å². The van der Waals surface area contributed by atoms with Crippen LogP contribution in [-0.4, -0.2) is 31.6 Å². The van der Waals surface area contributed by atoms with Crippen LogP contribution in [0.4, 0.5) is 5.82 Å². The first-order chi connectivity index (χ1) is 14.0. The van der Waals surface area contributed by atoms with Crippen molar-refractivity contribution in [3.63, 3.8) is 0 Å². The summed E-state index contributed by atoms with van der Waals surface area (Å²) in [6.45, 7) is 4.56. The molecule has 0 aliphatic carbocycles. The molecule has 29 heavy (non-hydrogen) atoms. The number of nitrogens with one attached hydrogen (secondary N) is 1. The second-order valence-electron chi connectivity index (χ2n) is 6.55. The zero-order valence-corrected chi connectivity index (χ0v) is 17.1. The average molecular weight is 413 g/mol. The Bertz CT molecular complexity index is 1020. The molecule has 7 nitrogen and oxygen atoms in total. The van der Waals surface area contributed by atoms with Gasteiger partial charge in [0.15, 0.2) is 0 Å². The maximum atomic E-state index is 12.7. The molecule has 3 aromatic rings. The van der Waals surface area contributed by atoms with Crippen LogP contribution in [0.25, 0.3) is 0 Å². The lowest BCUT2D eigenvalue weighted by atomic mass is 10.0. The first-order valence-electron chi connectivity index (χ1n) is 9.20. The fourth-order valence-electron chi connectivity index (χ4n) is 2.53. The molecule has 1 heterocycles. The Balaban J connectivity index is 1.64. The lowest BCUT2D eigenvalue weighted by Crippen LogP contribution is -2.17. The summed E-state index contributed by atoms with van der Waals surface area (Å²) in [4.78, 5) is 8.27. The molecule has 2 aromatic carbocycles. The van der Waals surface area contributed by atoms with E-state index in [1.165, 1.54) is 12.4 Å². The number of rotatable bonds is 9. The Hall–Kier alpha value is -3.13. The predicted octanol–water partition coefficient (Wildman–Crippen LogP) is 3.86. The quantitative estimate of drug-likeness (QED) is 0.536. The normalized spacial score (nSPS) is 11.3. The van der Waals surface area contributed by atoms with Gasteiger partial charge < -0.3 is 9.47 Å². The molecule has 0 unspecified atom stereocenters. The number of anilines is 1. The molecule has 0 aliphatic rings. The zero-order valence-electron chi connectivity index (χ0n) is 16.3. The zero-order chi connectivity index (χ0) is 20.7. The molecule has 3 rings (SSSR count). The first kappa shape index (κ1) is 20.6. The van der Waals surface area contributed by atoms with E-state index in [9.17, 15) is 8.42 Å². The number of nitrogens with zero attached hydrogens (tertiary/aromatic N) is 2. The number of aromatic nitrogens is 2. The van der Waals surface area contributed by atoms with Crippen molar-refractivity contribution in [2.45, 2.75) is 24.7 Å². The Labute approximate surface area is 170 Å². The van der Waals surface area contributed by atoms with Crippen molar-refractivity contribution in [1.82, 2.24) is 9.97 Å². The van der Waals surface area contributed by atoms with Gasteiger partial charge in [0, 0.05) is 12.4 Å². The second kappa shape index (κ2) is 9.38. The van der Waals surface area contributed by atoms with Crippen LogP contribution in [0.5, 0.6) is 11.6 Å². The average Bonchev–Trinajstić information content (AvgIpc) is 2.73. The van der Waals surface area contributed by atoms with Crippen molar-refractivity contribution in [2.24, 2.45) is 0 Å². The van der Waals surface area contributed by atoms with Gasteiger partial charge in [-0.15, -0.1) is 0 Å². The smallest absolute Gasteiger partial charge is 0.263 e. The van der Waals surface area contributed by atoms with E-state index in [1.807, 2.05) is 44.2 Å². The summed E-state index contributed by atoms with van der Waals surface area (Å²) in [7, 11) is -3.82. The summed E-state index contributed by atoms with van der Waals surface area (Å²) in [6.07, 6.45) is 2.83. The third-order valence-electron chi connectivity index (χ3n) is 4.09. The molecule has 0 amide bonds. The molecule has 0 saturated carbocycles. The van der Waals surface area contributed by atoms with Gasteiger partial charge in [-0.2, -0.15) is 0 Å². The molecule has 152 valence electrons. The molecule has 0 fully saturated rings. The van der Waals surface area contributed by atoms with Gasteiger partial charge in [-0.25, -0.2) is 18.4 Å². The van der Waals surface area contributed by atoms with Crippen LogP contribution in [-0.2, 0) is 10.0 Å². The van der Waals surface area contributed by atoms with Crippen molar-refractivity contribution in [1.29, 1.82) is 0 Å². The number of ether oxygens (including phenoxy) is 2. The molecular formula is C21H23N3O4S. The number of benzene rings is 2. The van der Waals surface area contributed by atoms with Gasteiger partial charge in [0.05, 0.1) is 4.90 Å². The maximum Gasteiger partial charge on any atom is 0.263 e. The van der Waals surface area contributed by atoms with Gasteiger partial charge in [-0.05, 0) is 35.7 Å². The lowest BCUT2D eigenvalue weighted by Gasteiger charge is -2.12. The fourth-order valence-corrected chi connectivity index (χ4v) is 3.54.